The molecule has 0 amide bonds. The molecule has 1 aromatic rings. The fourth-order valence-electron chi connectivity index (χ4n) is 2.90. The summed E-state index contributed by atoms with van der Waals surface area (Å²) < 4.78 is 1.24. The van der Waals surface area contributed by atoms with Gasteiger partial charge in [-0.05, 0) is 48.1 Å². The van der Waals surface area contributed by atoms with Crippen molar-refractivity contribution in [1.29, 1.82) is 0 Å². The van der Waals surface area contributed by atoms with E-state index in [1.165, 1.54) is 72.5 Å². The molecule has 0 saturated heterocycles. The summed E-state index contributed by atoms with van der Waals surface area (Å²) in [7, 11) is 0. The molecule has 0 aromatic heterocycles. The van der Waals surface area contributed by atoms with E-state index in [0.29, 0.717) is 0 Å². The highest BCUT2D eigenvalue weighted by atomic mass is 79.9. The lowest BCUT2D eigenvalue weighted by molar-refractivity contribution is 0.589. The molecule has 0 radical (unpaired) electrons. The van der Waals surface area contributed by atoms with E-state index in [2.05, 4.69) is 47.1 Å². The van der Waals surface area contributed by atoms with Crippen LogP contribution in [0.5, 0.6) is 0 Å². The van der Waals surface area contributed by atoms with E-state index in [-0.39, 0.29) is 0 Å². The SMILES string of the molecule is CCCCCCCCCc1cc(Br)cc2c1C=CC2. The highest BCUT2D eigenvalue weighted by Crippen LogP contribution is 2.28. The number of allylic oxidation sites excluding steroid dienone is 1. The fourth-order valence-corrected chi connectivity index (χ4v) is 3.46. The zero-order chi connectivity index (χ0) is 13.5. The largest absolute Gasteiger partial charge is 0.0795 e. The Hall–Kier alpha value is -0.560. The Morgan fingerprint density at radius 2 is 1.74 bits per heavy atom. The minimum Gasteiger partial charge on any atom is -0.0795 e. The quantitative estimate of drug-likeness (QED) is 0.492. The highest BCUT2D eigenvalue weighted by Gasteiger charge is 2.10. The van der Waals surface area contributed by atoms with Gasteiger partial charge in [0.05, 0.1) is 0 Å². The summed E-state index contributed by atoms with van der Waals surface area (Å²) in [6.45, 7) is 2.28. The van der Waals surface area contributed by atoms with Gasteiger partial charge in [0.25, 0.3) is 0 Å². The number of aryl methyl sites for hydroxylation is 1. The van der Waals surface area contributed by atoms with Gasteiger partial charge in [-0.3, -0.25) is 0 Å². The number of unbranched alkanes of at least 4 members (excludes halogenated alkanes) is 6. The Bertz CT molecular complexity index is 432. The van der Waals surface area contributed by atoms with Crippen LogP contribution in [-0.2, 0) is 12.8 Å². The average molecular weight is 321 g/mol. The highest BCUT2D eigenvalue weighted by molar-refractivity contribution is 9.10. The Morgan fingerprint density at radius 1 is 1.00 bits per heavy atom. The third-order valence-corrected chi connectivity index (χ3v) is 4.45. The minimum atomic E-state index is 1.11. The first-order valence-electron chi connectivity index (χ1n) is 7.79. The van der Waals surface area contributed by atoms with Gasteiger partial charge in [-0.1, -0.05) is 73.5 Å². The normalized spacial score (nSPS) is 12.9. The van der Waals surface area contributed by atoms with Crippen molar-refractivity contribution >= 4 is 22.0 Å². The Morgan fingerprint density at radius 3 is 2.53 bits per heavy atom. The van der Waals surface area contributed by atoms with Crippen LogP contribution in [0, 0.1) is 0 Å². The molecule has 1 aliphatic carbocycles. The third kappa shape index (κ3) is 4.49. The van der Waals surface area contributed by atoms with Crippen LogP contribution in [0.4, 0.5) is 0 Å². The average Bonchev–Trinajstić information content (AvgIpc) is 2.85. The van der Waals surface area contributed by atoms with Crippen molar-refractivity contribution in [2.75, 3.05) is 0 Å². The van der Waals surface area contributed by atoms with Crippen LogP contribution < -0.4 is 0 Å². The van der Waals surface area contributed by atoms with Gasteiger partial charge in [-0.15, -0.1) is 0 Å². The van der Waals surface area contributed by atoms with Crippen LogP contribution in [0.25, 0.3) is 6.08 Å². The molecule has 0 atom stereocenters. The van der Waals surface area contributed by atoms with E-state index >= 15 is 0 Å². The Balaban J connectivity index is 1.76. The molecule has 0 unspecified atom stereocenters. The molecule has 0 N–H and O–H groups in total. The molecule has 1 heteroatoms. The van der Waals surface area contributed by atoms with Crippen molar-refractivity contribution in [3.63, 3.8) is 0 Å². The Kier molecular flexibility index (Phi) is 6.16. The predicted molar refractivity (Wildman–Crippen MR) is 88.6 cm³/mol. The summed E-state index contributed by atoms with van der Waals surface area (Å²) in [5, 5.41) is 0. The first kappa shape index (κ1) is 14.8. The second-order valence-electron chi connectivity index (χ2n) is 5.62. The molecular weight excluding hydrogens is 296 g/mol. The van der Waals surface area contributed by atoms with Gasteiger partial charge >= 0.3 is 0 Å². The predicted octanol–water partition coefficient (Wildman–Crippen LogP) is 6.31. The first-order chi connectivity index (χ1) is 9.31. The van der Waals surface area contributed by atoms with E-state index in [9.17, 15) is 0 Å². The summed E-state index contributed by atoms with van der Waals surface area (Å²) in [6, 6.07) is 4.58. The number of halogens is 1. The molecule has 104 valence electrons. The van der Waals surface area contributed by atoms with Crippen LogP contribution in [0.3, 0.4) is 0 Å². The Labute approximate surface area is 126 Å². The van der Waals surface area contributed by atoms with Crippen molar-refractivity contribution in [2.24, 2.45) is 0 Å². The van der Waals surface area contributed by atoms with Crippen LogP contribution in [0.1, 0.15) is 68.6 Å². The molecule has 1 aromatic carbocycles. The number of benzene rings is 1. The molecule has 0 fully saturated rings. The fraction of sp³-hybridized carbons (Fsp3) is 0.556. The second-order valence-corrected chi connectivity index (χ2v) is 6.53. The number of hydrogen-bond acceptors (Lipinski definition) is 0. The van der Waals surface area contributed by atoms with Crippen LogP contribution in [0.2, 0.25) is 0 Å². The lowest BCUT2D eigenvalue weighted by Gasteiger charge is -2.09. The number of hydrogen-bond donors (Lipinski definition) is 0. The lowest BCUT2D eigenvalue weighted by atomic mass is 9.98. The topological polar surface area (TPSA) is 0 Å². The zero-order valence-corrected chi connectivity index (χ0v) is 13.6. The van der Waals surface area contributed by atoms with Crippen molar-refractivity contribution < 1.29 is 0 Å². The summed E-state index contributed by atoms with van der Waals surface area (Å²) in [6.07, 6.45) is 16.7. The van der Waals surface area contributed by atoms with Crippen molar-refractivity contribution in [2.45, 2.75) is 64.7 Å². The lowest BCUT2D eigenvalue weighted by Crippen LogP contribution is -1.93. The maximum Gasteiger partial charge on any atom is 0.0181 e. The molecule has 0 nitrogen and oxygen atoms in total. The van der Waals surface area contributed by atoms with Crippen molar-refractivity contribution in [1.82, 2.24) is 0 Å². The molecule has 0 saturated carbocycles. The molecule has 0 aliphatic heterocycles. The maximum atomic E-state index is 3.64. The van der Waals surface area contributed by atoms with Gasteiger partial charge in [0, 0.05) is 4.47 Å². The molecule has 1 aliphatic rings. The molecule has 0 bridgehead atoms. The summed E-state index contributed by atoms with van der Waals surface area (Å²) in [5.74, 6) is 0. The smallest absolute Gasteiger partial charge is 0.0181 e. The number of rotatable bonds is 8. The molecule has 2 rings (SSSR count). The van der Waals surface area contributed by atoms with E-state index in [0.717, 1.165) is 6.42 Å². The standard InChI is InChI=1S/C18H25Br/c1-2-3-4-5-6-7-8-10-15-13-17(19)14-16-11-9-12-18(15)16/h9,12-14H,2-8,10-11H2,1H3. The summed E-state index contributed by atoms with van der Waals surface area (Å²) in [4.78, 5) is 0. The number of fused-ring (bicyclic) bond motifs is 1. The van der Waals surface area contributed by atoms with Crippen molar-refractivity contribution in [3.8, 4) is 0 Å². The molecule has 0 heterocycles. The van der Waals surface area contributed by atoms with Gasteiger partial charge < -0.3 is 0 Å². The monoisotopic (exact) mass is 320 g/mol. The van der Waals surface area contributed by atoms with Crippen molar-refractivity contribution in [3.05, 3.63) is 39.4 Å². The minimum absolute atomic E-state index is 1.11. The zero-order valence-electron chi connectivity index (χ0n) is 12.1. The molecule has 0 spiro atoms. The van der Waals surface area contributed by atoms with E-state index < -0.39 is 0 Å². The third-order valence-electron chi connectivity index (χ3n) is 3.99. The first-order valence-corrected chi connectivity index (χ1v) is 8.58. The van der Waals surface area contributed by atoms with E-state index in [4.69, 9.17) is 0 Å². The van der Waals surface area contributed by atoms with Crippen LogP contribution in [-0.4, -0.2) is 0 Å². The van der Waals surface area contributed by atoms with Gasteiger partial charge in [0.2, 0.25) is 0 Å². The summed E-state index contributed by atoms with van der Waals surface area (Å²) in [5.41, 5.74) is 4.52. The maximum absolute atomic E-state index is 3.64. The van der Waals surface area contributed by atoms with Gasteiger partial charge in [-0.2, -0.15) is 0 Å². The molecular formula is C18H25Br. The van der Waals surface area contributed by atoms with E-state index in [1.54, 1.807) is 0 Å². The van der Waals surface area contributed by atoms with Gasteiger partial charge in [-0.25, -0.2) is 0 Å². The second kappa shape index (κ2) is 7.89. The van der Waals surface area contributed by atoms with E-state index in [1.807, 2.05) is 0 Å². The summed E-state index contributed by atoms with van der Waals surface area (Å²) >= 11 is 3.64. The van der Waals surface area contributed by atoms with Crippen LogP contribution in [0.15, 0.2) is 22.7 Å². The van der Waals surface area contributed by atoms with Crippen LogP contribution >= 0.6 is 15.9 Å². The molecule has 19 heavy (non-hydrogen) atoms. The van der Waals surface area contributed by atoms with Gasteiger partial charge in [0.15, 0.2) is 0 Å². The van der Waals surface area contributed by atoms with Gasteiger partial charge in [0.1, 0.15) is 0 Å².